The molecule has 0 bridgehead atoms. The van der Waals surface area contributed by atoms with Gasteiger partial charge in [-0.05, 0) is 30.5 Å². The number of rotatable bonds is 3. The first-order chi connectivity index (χ1) is 13.5. The Hall–Kier alpha value is -2.20. The van der Waals surface area contributed by atoms with E-state index >= 15 is 0 Å². The van der Waals surface area contributed by atoms with Gasteiger partial charge in [-0.3, -0.25) is 9.69 Å². The van der Waals surface area contributed by atoms with E-state index in [0.717, 1.165) is 38.1 Å². The number of ether oxygens (including phenoxy) is 1. The lowest BCUT2D eigenvalue weighted by Crippen LogP contribution is -2.52. The maximum atomic E-state index is 13.1. The Labute approximate surface area is 166 Å². The highest BCUT2D eigenvalue weighted by atomic mass is 19.4. The van der Waals surface area contributed by atoms with Gasteiger partial charge in [0.05, 0.1) is 12.0 Å². The molecule has 6 nitrogen and oxygen atoms in total. The third kappa shape index (κ3) is 6.40. The lowest BCUT2D eigenvalue weighted by Gasteiger charge is -2.41. The van der Waals surface area contributed by atoms with E-state index in [1.54, 1.807) is 19.0 Å². The summed E-state index contributed by atoms with van der Waals surface area (Å²) in [7, 11) is 3.60. The Morgan fingerprint density at radius 1 is 1.24 bits per heavy atom. The van der Waals surface area contributed by atoms with Crippen LogP contribution >= 0.6 is 0 Å². The standard InChI is InChI=1S/C17H23FN2O2.C2HF3O2/c1-19(2)17(21)13-9-16-15(7-8-22-16)20(11-13)10-12-3-5-14(18)6-4-12;3-2(4,5)1(6)7/h3-6,13,15-16H,7-11H2,1-2H3;(H,6,7)/t13-,15+,16+;/m0./s1. The molecule has 0 aromatic heterocycles. The first kappa shape index (κ1) is 23.1. The number of carbonyl (C=O) groups excluding carboxylic acids is 1. The Balaban J connectivity index is 0.000000370. The summed E-state index contributed by atoms with van der Waals surface area (Å²) < 4.78 is 50.6. The molecular weight excluding hydrogens is 396 g/mol. The van der Waals surface area contributed by atoms with E-state index < -0.39 is 12.1 Å². The number of nitrogens with zero attached hydrogens (tertiary/aromatic N) is 2. The van der Waals surface area contributed by atoms with Crippen molar-refractivity contribution in [2.75, 3.05) is 27.2 Å². The van der Waals surface area contributed by atoms with Crippen molar-refractivity contribution in [1.29, 1.82) is 0 Å². The molecule has 0 saturated carbocycles. The second-order valence-electron chi connectivity index (χ2n) is 7.29. The van der Waals surface area contributed by atoms with E-state index in [4.69, 9.17) is 14.6 Å². The number of carboxylic acids is 1. The zero-order chi connectivity index (χ0) is 21.8. The van der Waals surface area contributed by atoms with Crippen LogP contribution < -0.4 is 0 Å². The van der Waals surface area contributed by atoms with Crippen molar-refractivity contribution in [3.63, 3.8) is 0 Å². The van der Waals surface area contributed by atoms with Crippen molar-refractivity contribution in [2.24, 2.45) is 5.92 Å². The molecule has 10 heteroatoms. The van der Waals surface area contributed by atoms with Gasteiger partial charge in [0.25, 0.3) is 0 Å². The maximum Gasteiger partial charge on any atom is 0.490 e. The zero-order valence-corrected chi connectivity index (χ0v) is 16.2. The average Bonchev–Trinajstić information content (AvgIpc) is 3.11. The molecule has 0 radical (unpaired) electrons. The molecule has 0 unspecified atom stereocenters. The molecule has 2 aliphatic rings. The predicted octanol–water partition coefficient (Wildman–Crippen LogP) is 2.53. The SMILES string of the molecule is CN(C)C(=O)[C@H]1C[C@H]2OCC[C@H]2N(Cc2ccc(F)cc2)C1.O=C(O)C(F)(F)F. The lowest BCUT2D eigenvalue weighted by atomic mass is 9.89. The number of hydrogen-bond donors (Lipinski definition) is 1. The van der Waals surface area contributed by atoms with Crippen LogP contribution in [-0.4, -0.2) is 72.4 Å². The van der Waals surface area contributed by atoms with Gasteiger partial charge in [0.15, 0.2) is 0 Å². The first-order valence-electron chi connectivity index (χ1n) is 9.10. The number of fused-ring (bicyclic) bond motifs is 1. The normalized spacial score (nSPS) is 24.3. The van der Waals surface area contributed by atoms with Gasteiger partial charge >= 0.3 is 12.1 Å². The smallest absolute Gasteiger partial charge is 0.475 e. The molecule has 3 atom stereocenters. The number of piperidine rings is 1. The monoisotopic (exact) mass is 420 g/mol. The minimum absolute atomic E-state index is 0.0187. The van der Waals surface area contributed by atoms with Gasteiger partial charge in [0, 0.05) is 39.8 Å². The van der Waals surface area contributed by atoms with Gasteiger partial charge < -0.3 is 14.7 Å². The molecule has 3 rings (SSSR count). The van der Waals surface area contributed by atoms with Crippen molar-refractivity contribution >= 4 is 11.9 Å². The predicted molar refractivity (Wildman–Crippen MR) is 95.4 cm³/mol. The van der Waals surface area contributed by atoms with E-state index in [2.05, 4.69) is 4.90 Å². The Kier molecular flexibility index (Phi) is 7.59. The van der Waals surface area contributed by atoms with Crippen molar-refractivity contribution < 1.29 is 37.0 Å². The largest absolute Gasteiger partial charge is 0.490 e. The van der Waals surface area contributed by atoms with Crippen LogP contribution in [0.1, 0.15) is 18.4 Å². The van der Waals surface area contributed by atoms with Crippen LogP contribution in [0.2, 0.25) is 0 Å². The zero-order valence-electron chi connectivity index (χ0n) is 16.2. The van der Waals surface area contributed by atoms with Crippen LogP contribution in [0, 0.1) is 11.7 Å². The van der Waals surface area contributed by atoms with Crippen molar-refractivity contribution in [1.82, 2.24) is 9.80 Å². The molecule has 162 valence electrons. The van der Waals surface area contributed by atoms with Crippen LogP contribution in [-0.2, 0) is 20.9 Å². The molecule has 2 fully saturated rings. The first-order valence-corrected chi connectivity index (χ1v) is 9.10. The maximum absolute atomic E-state index is 13.1. The number of amides is 1. The van der Waals surface area contributed by atoms with Crippen LogP contribution in [0.15, 0.2) is 24.3 Å². The molecule has 2 saturated heterocycles. The van der Waals surface area contributed by atoms with Gasteiger partial charge in [-0.2, -0.15) is 13.2 Å². The molecule has 29 heavy (non-hydrogen) atoms. The van der Waals surface area contributed by atoms with E-state index in [0.29, 0.717) is 6.04 Å². The number of hydrogen-bond acceptors (Lipinski definition) is 4. The minimum atomic E-state index is -5.08. The van der Waals surface area contributed by atoms with E-state index in [9.17, 15) is 22.4 Å². The molecule has 0 spiro atoms. The third-order valence-electron chi connectivity index (χ3n) is 4.95. The molecule has 2 heterocycles. The highest BCUT2D eigenvalue weighted by Crippen LogP contribution is 2.33. The number of carboxylic acid groups (broad SMARTS) is 1. The number of carbonyl (C=O) groups is 2. The van der Waals surface area contributed by atoms with Gasteiger partial charge in [-0.1, -0.05) is 12.1 Å². The molecule has 2 aliphatic heterocycles. The fourth-order valence-electron chi connectivity index (χ4n) is 3.60. The van der Waals surface area contributed by atoms with E-state index in [-0.39, 0.29) is 23.7 Å². The Morgan fingerprint density at radius 3 is 2.34 bits per heavy atom. The average molecular weight is 420 g/mol. The summed E-state index contributed by atoms with van der Waals surface area (Å²) >= 11 is 0. The van der Waals surface area contributed by atoms with Crippen LogP contribution in [0.5, 0.6) is 0 Å². The summed E-state index contributed by atoms with van der Waals surface area (Å²) in [6.07, 6.45) is -3.13. The van der Waals surface area contributed by atoms with Gasteiger partial charge in [0.1, 0.15) is 5.82 Å². The summed E-state index contributed by atoms with van der Waals surface area (Å²) in [6.45, 7) is 2.25. The van der Waals surface area contributed by atoms with Gasteiger partial charge in [-0.15, -0.1) is 0 Å². The van der Waals surface area contributed by atoms with Crippen LogP contribution in [0.25, 0.3) is 0 Å². The summed E-state index contributed by atoms with van der Waals surface area (Å²) in [5.74, 6) is -2.83. The van der Waals surface area contributed by atoms with E-state index in [1.807, 2.05) is 12.1 Å². The van der Waals surface area contributed by atoms with Crippen molar-refractivity contribution in [2.45, 2.75) is 37.7 Å². The van der Waals surface area contributed by atoms with Crippen molar-refractivity contribution in [3.05, 3.63) is 35.6 Å². The number of benzene rings is 1. The second kappa shape index (κ2) is 9.53. The quantitative estimate of drug-likeness (QED) is 0.762. The van der Waals surface area contributed by atoms with E-state index in [1.165, 1.54) is 12.1 Å². The number of alkyl halides is 3. The summed E-state index contributed by atoms with van der Waals surface area (Å²) in [6, 6.07) is 6.99. The Morgan fingerprint density at radius 2 is 1.83 bits per heavy atom. The highest BCUT2D eigenvalue weighted by Gasteiger charge is 2.42. The Bertz CT molecular complexity index is 709. The fraction of sp³-hybridized carbons (Fsp3) is 0.579. The van der Waals surface area contributed by atoms with Gasteiger partial charge in [-0.25, -0.2) is 9.18 Å². The highest BCUT2D eigenvalue weighted by molar-refractivity contribution is 5.78. The topological polar surface area (TPSA) is 70.1 Å². The van der Waals surface area contributed by atoms with Gasteiger partial charge in [0.2, 0.25) is 5.91 Å². The van der Waals surface area contributed by atoms with Crippen LogP contribution in [0.3, 0.4) is 0 Å². The summed E-state index contributed by atoms with van der Waals surface area (Å²) in [5.41, 5.74) is 1.07. The van der Waals surface area contributed by atoms with Crippen molar-refractivity contribution in [3.8, 4) is 0 Å². The number of aliphatic carboxylic acids is 1. The number of halogens is 4. The molecule has 0 aliphatic carbocycles. The summed E-state index contributed by atoms with van der Waals surface area (Å²) in [5, 5.41) is 7.12. The minimum Gasteiger partial charge on any atom is -0.475 e. The molecule has 1 aromatic carbocycles. The summed E-state index contributed by atoms with van der Waals surface area (Å²) in [4.78, 5) is 25.2. The molecule has 1 aromatic rings. The second-order valence-corrected chi connectivity index (χ2v) is 7.29. The molecular formula is C19H24F4N2O4. The lowest BCUT2D eigenvalue weighted by molar-refractivity contribution is -0.192. The molecule has 1 N–H and O–H groups in total. The fourth-order valence-corrected chi connectivity index (χ4v) is 3.60. The molecule has 1 amide bonds. The number of likely N-dealkylation sites (tertiary alicyclic amines) is 1. The van der Waals surface area contributed by atoms with Crippen LogP contribution in [0.4, 0.5) is 17.6 Å². The third-order valence-corrected chi connectivity index (χ3v) is 4.95.